The van der Waals surface area contributed by atoms with Gasteiger partial charge in [0, 0.05) is 18.7 Å². The van der Waals surface area contributed by atoms with E-state index in [0.29, 0.717) is 17.9 Å². The summed E-state index contributed by atoms with van der Waals surface area (Å²) < 4.78 is 6.20. The Balaban J connectivity index is 1.66. The van der Waals surface area contributed by atoms with E-state index in [9.17, 15) is 4.79 Å². The second-order valence-electron chi connectivity index (χ2n) is 6.20. The van der Waals surface area contributed by atoms with Crippen LogP contribution in [0.15, 0.2) is 46.9 Å². The number of carbonyl (C=O) groups is 1. The summed E-state index contributed by atoms with van der Waals surface area (Å²) in [5.74, 6) is 0.434. The number of halogens is 1. The van der Waals surface area contributed by atoms with E-state index in [2.05, 4.69) is 37.5 Å². The van der Waals surface area contributed by atoms with E-state index >= 15 is 0 Å². The van der Waals surface area contributed by atoms with E-state index in [4.69, 9.17) is 17.0 Å². The number of nitrogens with one attached hydrogen (secondary N) is 2. The fraction of sp³-hybridized carbons (Fsp3) is 0.300. The molecule has 2 aromatic rings. The number of thiocarbonyl (C=S) groups is 1. The molecule has 0 radical (unpaired) electrons. The molecule has 27 heavy (non-hydrogen) atoms. The molecule has 0 spiro atoms. The Bertz CT molecular complexity index is 838. The molecule has 1 aliphatic heterocycles. The second kappa shape index (κ2) is 9.19. The van der Waals surface area contributed by atoms with Crippen molar-refractivity contribution in [1.29, 1.82) is 0 Å². The predicted octanol–water partition coefficient (Wildman–Crippen LogP) is 4.57. The lowest BCUT2D eigenvalue weighted by atomic mass is 10.2. The molecule has 3 rings (SSSR count). The smallest absolute Gasteiger partial charge is 0.257 e. The number of rotatable bonds is 5. The van der Waals surface area contributed by atoms with Crippen LogP contribution in [0, 0.1) is 0 Å². The molecule has 0 aliphatic carbocycles. The van der Waals surface area contributed by atoms with Crippen LogP contribution >= 0.6 is 28.1 Å². The second-order valence-corrected chi connectivity index (χ2v) is 7.46. The number of hydrogen-bond acceptors (Lipinski definition) is 4. The fourth-order valence-corrected chi connectivity index (χ4v) is 3.75. The van der Waals surface area contributed by atoms with Crippen molar-refractivity contribution in [3.8, 4) is 5.75 Å². The molecule has 0 aromatic heterocycles. The summed E-state index contributed by atoms with van der Waals surface area (Å²) in [5.41, 5.74) is 2.51. The quantitative estimate of drug-likeness (QED) is 0.657. The Kier molecular flexibility index (Phi) is 6.68. The van der Waals surface area contributed by atoms with Gasteiger partial charge in [-0.1, -0.05) is 12.1 Å². The average molecular weight is 448 g/mol. The molecule has 142 valence electrons. The Morgan fingerprint density at radius 2 is 1.96 bits per heavy atom. The normalized spacial score (nSPS) is 13.3. The first-order valence-electron chi connectivity index (χ1n) is 8.97. The average Bonchev–Trinajstić information content (AvgIpc) is 3.18. The maximum Gasteiger partial charge on any atom is 0.257 e. The molecule has 2 aromatic carbocycles. The summed E-state index contributed by atoms with van der Waals surface area (Å²) in [6.45, 7) is 4.56. The molecule has 1 fully saturated rings. The van der Waals surface area contributed by atoms with Gasteiger partial charge in [0.15, 0.2) is 5.11 Å². The lowest BCUT2D eigenvalue weighted by molar-refractivity contribution is 0.0977. The van der Waals surface area contributed by atoms with Crippen LogP contribution in [0.5, 0.6) is 5.75 Å². The number of nitrogens with zero attached hydrogens (tertiary/aromatic N) is 1. The van der Waals surface area contributed by atoms with Gasteiger partial charge >= 0.3 is 0 Å². The van der Waals surface area contributed by atoms with E-state index < -0.39 is 0 Å². The highest BCUT2D eigenvalue weighted by Gasteiger charge is 2.17. The molecule has 1 amide bonds. The largest absolute Gasteiger partial charge is 0.493 e. The van der Waals surface area contributed by atoms with Gasteiger partial charge in [0.25, 0.3) is 5.91 Å². The van der Waals surface area contributed by atoms with Gasteiger partial charge in [-0.3, -0.25) is 10.1 Å². The molecule has 7 heteroatoms. The van der Waals surface area contributed by atoms with Crippen LogP contribution in [-0.4, -0.2) is 30.7 Å². The molecule has 1 aliphatic rings. The molecule has 0 atom stereocenters. The molecular weight excluding hydrogens is 426 g/mol. The van der Waals surface area contributed by atoms with E-state index in [1.54, 1.807) is 18.2 Å². The van der Waals surface area contributed by atoms with Gasteiger partial charge < -0.3 is 15.0 Å². The first-order valence-corrected chi connectivity index (χ1v) is 10.2. The van der Waals surface area contributed by atoms with Crippen molar-refractivity contribution in [2.45, 2.75) is 19.8 Å². The number of benzene rings is 2. The van der Waals surface area contributed by atoms with Crippen LogP contribution in [0.25, 0.3) is 0 Å². The van der Waals surface area contributed by atoms with Gasteiger partial charge in [-0.05, 0) is 78.2 Å². The van der Waals surface area contributed by atoms with Crippen LogP contribution in [0.1, 0.15) is 30.1 Å². The lowest BCUT2D eigenvalue weighted by Gasteiger charge is -2.22. The van der Waals surface area contributed by atoms with E-state index in [1.807, 2.05) is 25.1 Å². The zero-order valence-corrected chi connectivity index (χ0v) is 17.5. The number of carbonyl (C=O) groups excluding carboxylic acids is 1. The van der Waals surface area contributed by atoms with Gasteiger partial charge in [0.1, 0.15) is 5.75 Å². The standard InChI is InChI=1S/C20H22BrN3O2S/c1-2-26-18-10-9-14(13-15(18)21)19(25)23-20(27)22-16-7-3-4-8-17(16)24-11-5-6-12-24/h3-4,7-10,13H,2,5-6,11-12H2,1H3,(H2,22,23,25,27). The van der Waals surface area contributed by atoms with E-state index in [1.165, 1.54) is 12.8 Å². The topological polar surface area (TPSA) is 53.6 Å². The predicted molar refractivity (Wildman–Crippen MR) is 117 cm³/mol. The summed E-state index contributed by atoms with van der Waals surface area (Å²) in [6.07, 6.45) is 2.39. The minimum Gasteiger partial charge on any atom is -0.493 e. The Morgan fingerprint density at radius 3 is 2.67 bits per heavy atom. The highest BCUT2D eigenvalue weighted by molar-refractivity contribution is 9.10. The van der Waals surface area contributed by atoms with Crippen LogP contribution < -0.4 is 20.3 Å². The monoisotopic (exact) mass is 447 g/mol. The highest BCUT2D eigenvalue weighted by atomic mass is 79.9. The van der Waals surface area contributed by atoms with Gasteiger partial charge in [-0.25, -0.2) is 0 Å². The lowest BCUT2D eigenvalue weighted by Crippen LogP contribution is -2.34. The van der Waals surface area contributed by atoms with Gasteiger partial charge in [-0.15, -0.1) is 0 Å². The third-order valence-corrected chi connectivity index (χ3v) is 5.14. The molecule has 2 N–H and O–H groups in total. The Morgan fingerprint density at radius 1 is 1.22 bits per heavy atom. The SMILES string of the molecule is CCOc1ccc(C(=O)NC(=S)Nc2ccccc2N2CCCC2)cc1Br. The van der Waals surface area contributed by atoms with Crippen LogP contribution in [0.4, 0.5) is 11.4 Å². The summed E-state index contributed by atoms with van der Waals surface area (Å²) in [5, 5.41) is 6.17. The van der Waals surface area contributed by atoms with Crippen molar-refractivity contribution >= 4 is 50.5 Å². The number of hydrogen-bond donors (Lipinski definition) is 2. The Hall–Kier alpha value is -2.12. The number of anilines is 2. The summed E-state index contributed by atoms with van der Waals surface area (Å²) in [4.78, 5) is 14.8. The molecular formula is C20H22BrN3O2S. The van der Waals surface area contributed by atoms with Crippen LogP contribution in [0.3, 0.4) is 0 Å². The molecule has 1 saturated heterocycles. The number of para-hydroxylation sites is 2. The summed E-state index contributed by atoms with van der Waals surface area (Å²) in [7, 11) is 0. The van der Waals surface area contributed by atoms with Crippen LogP contribution in [-0.2, 0) is 0 Å². The minimum atomic E-state index is -0.269. The van der Waals surface area contributed by atoms with E-state index in [0.717, 1.165) is 28.9 Å². The number of amides is 1. The molecule has 0 saturated carbocycles. The van der Waals surface area contributed by atoms with Crippen molar-refractivity contribution < 1.29 is 9.53 Å². The van der Waals surface area contributed by atoms with Gasteiger partial charge in [-0.2, -0.15) is 0 Å². The van der Waals surface area contributed by atoms with E-state index in [-0.39, 0.29) is 11.0 Å². The van der Waals surface area contributed by atoms with Crippen molar-refractivity contribution in [1.82, 2.24) is 5.32 Å². The fourth-order valence-electron chi connectivity index (χ4n) is 3.06. The van der Waals surface area contributed by atoms with Crippen molar-refractivity contribution in [2.24, 2.45) is 0 Å². The minimum absolute atomic E-state index is 0.269. The van der Waals surface area contributed by atoms with Gasteiger partial charge in [0.05, 0.1) is 22.5 Å². The first-order chi connectivity index (χ1) is 13.1. The zero-order valence-electron chi connectivity index (χ0n) is 15.1. The zero-order chi connectivity index (χ0) is 19.2. The third kappa shape index (κ3) is 4.99. The van der Waals surface area contributed by atoms with Crippen LogP contribution in [0.2, 0.25) is 0 Å². The maximum atomic E-state index is 12.5. The van der Waals surface area contributed by atoms with Gasteiger partial charge in [0.2, 0.25) is 0 Å². The first kappa shape index (κ1) is 19.6. The summed E-state index contributed by atoms with van der Waals surface area (Å²) in [6, 6.07) is 13.2. The molecule has 5 nitrogen and oxygen atoms in total. The molecule has 1 heterocycles. The Labute approximate surface area is 173 Å². The maximum absolute atomic E-state index is 12.5. The molecule has 0 unspecified atom stereocenters. The van der Waals surface area contributed by atoms with Crippen molar-refractivity contribution in [3.63, 3.8) is 0 Å². The van der Waals surface area contributed by atoms with Crippen molar-refractivity contribution in [3.05, 3.63) is 52.5 Å². The third-order valence-electron chi connectivity index (χ3n) is 4.32. The molecule has 0 bridgehead atoms. The van der Waals surface area contributed by atoms with Crippen molar-refractivity contribution in [2.75, 3.05) is 29.9 Å². The number of ether oxygens (including phenoxy) is 1. The highest BCUT2D eigenvalue weighted by Crippen LogP contribution is 2.29. The summed E-state index contributed by atoms with van der Waals surface area (Å²) >= 11 is 8.77.